The number of nitrogens with zero attached hydrogens (tertiary/aromatic N) is 1. The van der Waals surface area contributed by atoms with Crippen LogP contribution in [0, 0.1) is 0 Å². The minimum absolute atomic E-state index is 0.0872. The first-order valence-electron chi connectivity index (χ1n) is 6.12. The van der Waals surface area contributed by atoms with Crippen LogP contribution >= 0.6 is 0 Å². The maximum Gasteiger partial charge on any atom is 0.410 e. The third-order valence-corrected chi connectivity index (χ3v) is 2.53. The van der Waals surface area contributed by atoms with Gasteiger partial charge in [-0.1, -0.05) is 0 Å². The van der Waals surface area contributed by atoms with Gasteiger partial charge in [0.2, 0.25) is 5.91 Å². The molecule has 0 aliphatic carbocycles. The minimum atomic E-state index is -0.522. The van der Waals surface area contributed by atoms with Crippen molar-refractivity contribution >= 4 is 12.0 Å². The van der Waals surface area contributed by atoms with Crippen molar-refractivity contribution in [1.29, 1.82) is 0 Å². The third kappa shape index (κ3) is 3.91. The molecule has 0 aromatic carbocycles. The van der Waals surface area contributed by atoms with Crippen LogP contribution in [-0.2, 0) is 9.53 Å². The second-order valence-corrected chi connectivity index (χ2v) is 5.23. The molecule has 5 nitrogen and oxygen atoms in total. The Balaban J connectivity index is 2.63. The molecule has 0 radical (unpaired) electrons. The highest BCUT2D eigenvalue weighted by Gasteiger charge is 2.36. The zero-order chi connectivity index (χ0) is 13.1. The first-order valence-corrected chi connectivity index (χ1v) is 6.12. The SMILES string of the molecule is CCNC(=O)[C@@H]1CCCN1C(=O)OC(C)(C)C. The molecule has 1 N–H and O–H groups in total. The zero-order valence-electron chi connectivity index (χ0n) is 11.1. The number of carbonyl (C=O) groups excluding carboxylic acids is 2. The summed E-state index contributed by atoms with van der Waals surface area (Å²) in [4.78, 5) is 25.2. The summed E-state index contributed by atoms with van der Waals surface area (Å²) in [6.45, 7) is 8.51. The third-order valence-electron chi connectivity index (χ3n) is 2.53. The summed E-state index contributed by atoms with van der Waals surface area (Å²) in [6.07, 6.45) is 1.16. The van der Waals surface area contributed by atoms with E-state index in [4.69, 9.17) is 4.74 Å². The van der Waals surface area contributed by atoms with Crippen LogP contribution in [0.5, 0.6) is 0 Å². The molecule has 98 valence electrons. The second-order valence-electron chi connectivity index (χ2n) is 5.23. The second kappa shape index (κ2) is 5.38. The first kappa shape index (κ1) is 13.8. The summed E-state index contributed by atoms with van der Waals surface area (Å²) < 4.78 is 5.29. The first-order chi connectivity index (χ1) is 7.85. The van der Waals surface area contributed by atoms with Crippen molar-refractivity contribution in [2.75, 3.05) is 13.1 Å². The van der Waals surface area contributed by atoms with E-state index in [1.807, 2.05) is 27.7 Å². The number of hydrogen-bond donors (Lipinski definition) is 1. The number of rotatable bonds is 2. The van der Waals surface area contributed by atoms with Crippen molar-refractivity contribution in [2.24, 2.45) is 0 Å². The number of likely N-dealkylation sites (tertiary alicyclic amines) is 1. The van der Waals surface area contributed by atoms with Crippen LogP contribution < -0.4 is 5.32 Å². The van der Waals surface area contributed by atoms with Gasteiger partial charge in [0.1, 0.15) is 11.6 Å². The van der Waals surface area contributed by atoms with Crippen molar-refractivity contribution in [2.45, 2.75) is 52.2 Å². The molecule has 0 saturated carbocycles. The molecule has 0 bridgehead atoms. The van der Waals surface area contributed by atoms with Gasteiger partial charge in [-0.3, -0.25) is 9.69 Å². The average molecular weight is 242 g/mol. The van der Waals surface area contributed by atoms with Crippen LogP contribution in [0.25, 0.3) is 0 Å². The predicted molar refractivity (Wildman–Crippen MR) is 64.6 cm³/mol. The fraction of sp³-hybridized carbons (Fsp3) is 0.833. The Morgan fingerprint density at radius 2 is 2.06 bits per heavy atom. The van der Waals surface area contributed by atoms with Gasteiger partial charge < -0.3 is 10.1 Å². The zero-order valence-corrected chi connectivity index (χ0v) is 11.1. The summed E-state index contributed by atoms with van der Waals surface area (Å²) in [7, 11) is 0. The molecular formula is C12H22N2O3. The Labute approximate surface area is 102 Å². The van der Waals surface area contributed by atoms with Crippen molar-refractivity contribution in [3.8, 4) is 0 Å². The standard InChI is InChI=1S/C12H22N2O3/c1-5-13-10(15)9-7-6-8-14(9)11(16)17-12(2,3)4/h9H,5-8H2,1-4H3,(H,13,15)/t9-/m0/s1. The monoisotopic (exact) mass is 242 g/mol. The molecule has 1 atom stereocenters. The van der Waals surface area contributed by atoms with E-state index < -0.39 is 11.7 Å². The van der Waals surface area contributed by atoms with Crippen LogP contribution in [-0.4, -0.2) is 41.6 Å². The van der Waals surface area contributed by atoms with Gasteiger partial charge >= 0.3 is 6.09 Å². The van der Waals surface area contributed by atoms with Crippen molar-refractivity contribution in [3.63, 3.8) is 0 Å². The van der Waals surface area contributed by atoms with E-state index in [9.17, 15) is 9.59 Å². The molecule has 1 heterocycles. The largest absolute Gasteiger partial charge is 0.444 e. The number of ether oxygens (including phenoxy) is 1. The minimum Gasteiger partial charge on any atom is -0.444 e. The van der Waals surface area contributed by atoms with E-state index in [0.29, 0.717) is 19.5 Å². The van der Waals surface area contributed by atoms with E-state index in [0.717, 1.165) is 6.42 Å². The predicted octanol–water partition coefficient (Wildman–Crippen LogP) is 1.52. The molecule has 0 unspecified atom stereocenters. The molecule has 0 aromatic rings. The molecule has 1 aliphatic rings. The van der Waals surface area contributed by atoms with Gasteiger partial charge in [-0.05, 0) is 40.5 Å². The van der Waals surface area contributed by atoms with Crippen LogP contribution in [0.3, 0.4) is 0 Å². The van der Waals surface area contributed by atoms with E-state index in [1.54, 1.807) is 0 Å². The highest BCUT2D eigenvalue weighted by atomic mass is 16.6. The quantitative estimate of drug-likeness (QED) is 0.798. The Bertz CT molecular complexity index is 297. The highest BCUT2D eigenvalue weighted by Crippen LogP contribution is 2.20. The summed E-state index contributed by atoms with van der Waals surface area (Å²) in [5, 5.41) is 2.75. The fourth-order valence-electron chi connectivity index (χ4n) is 1.87. The molecule has 1 saturated heterocycles. The molecule has 0 aromatic heterocycles. The fourth-order valence-corrected chi connectivity index (χ4v) is 1.87. The summed E-state index contributed by atoms with van der Waals surface area (Å²) in [5.41, 5.74) is -0.522. The van der Waals surface area contributed by atoms with Gasteiger partial charge in [-0.2, -0.15) is 0 Å². The lowest BCUT2D eigenvalue weighted by atomic mass is 10.2. The molecule has 1 aliphatic heterocycles. The Morgan fingerprint density at radius 1 is 1.41 bits per heavy atom. The maximum atomic E-state index is 11.9. The van der Waals surface area contributed by atoms with Crippen molar-refractivity contribution < 1.29 is 14.3 Å². The maximum absolute atomic E-state index is 11.9. The topological polar surface area (TPSA) is 58.6 Å². The molecule has 1 rings (SSSR count). The smallest absolute Gasteiger partial charge is 0.410 e. The molecule has 2 amide bonds. The summed E-state index contributed by atoms with van der Waals surface area (Å²) in [6, 6.07) is -0.371. The molecular weight excluding hydrogens is 220 g/mol. The van der Waals surface area contributed by atoms with Crippen LogP contribution in [0.1, 0.15) is 40.5 Å². The van der Waals surface area contributed by atoms with Crippen LogP contribution in [0.2, 0.25) is 0 Å². The van der Waals surface area contributed by atoms with E-state index in [1.165, 1.54) is 4.90 Å². The number of nitrogens with one attached hydrogen (secondary N) is 1. The number of likely N-dealkylation sites (N-methyl/N-ethyl adjacent to an activating group) is 1. The van der Waals surface area contributed by atoms with Gasteiger partial charge in [-0.25, -0.2) is 4.79 Å². The van der Waals surface area contributed by atoms with Gasteiger partial charge in [0.15, 0.2) is 0 Å². The van der Waals surface area contributed by atoms with Gasteiger partial charge in [0.25, 0.3) is 0 Å². The summed E-state index contributed by atoms with van der Waals surface area (Å²) >= 11 is 0. The van der Waals surface area contributed by atoms with E-state index in [2.05, 4.69) is 5.32 Å². The highest BCUT2D eigenvalue weighted by molar-refractivity contribution is 5.86. The van der Waals surface area contributed by atoms with E-state index >= 15 is 0 Å². The Hall–Kier alpha value is -1.26. The molecule has 17 heavy (non-hydrogen) atoms. The lowest BCUT2D eigenvalue weighted by molar-refractivity contribution is -0.125. The number of amides is 2. The number of carbonyl (C=O) groups is 2. The van der Waals surface area contributed by atoms with Gasteiger partial charge in [0.05, 0.1) is 0 Å². The van der Waals surface area contributed by atoms with Crippen LogP contribution in [0.4, 0.5) is 4.79 Å². The van der Waals surface area contributed by atoms with Gasteiger partial charge in [0, 0.05) is 13.1 Å². The van der Waals surface area contributed by atoms with E-state index in [-0.39, 0.29) is 11.9 Å². The Morgan fingerprint density at radius 3 is 2.59 bits per heavy atom. The lowest BCUT2D eigenvalue weighted by Crippen LogP contribution is -2.47. The lowest BCUT2D eigenvalue weighted by Gasteiger charge is -2.27. The van der Waals surface area contributed by atoms with Gasteiger partial charge in [-0.15, -0.1) is 0 Å². The molecule has 1 fully saturated rings. The van der Waals surface area contributed by atoms with Crippen molar-refractivity contribution in [3.05, 3.63) is 0 Å². The molecule has 5 heteroatoms. The summed E-state index contributed by atoms with van der Waals surface area (Å²) in [5.74, 6) is -0.0872. The molecule has 0 spiro atoms. The van der Waals surface area contributed by atoms with Crippen molar-refractivity contribution in [1.82, 2.24) is 10.2 Å². The average Bonchev–Trinajstić information content (AvgIpc) is 2.63. The number of hydrogen-bond acceptors (Lipinski definition) is 3. The normalized spacial score (nSPS) is 20.2. The van der Waals surface area contributed by atoms with Crippen LogP contribution in [0.15, 0.2) is 0 Å². The Kier molecular flexibility index (Phi) is 4.37.